The quantitative estimate of drug-likeness (QED) is 0.855. The van der Waals surface area contributed by atoms with Crippen molar-refractivity contribution in [1.29, 1.82) is 0 Å². The first kappa shape index (κ1) is 13.1. The predicted octanol–water partition coefficient (Wildman–Crippen LogP) is 3.11. The summed E-state index contributed by atoms with van der Waals surface area (Å²) in [5.41, 5.74) is 2.39. The van der Waals surface area contributed by atoms with Crippen LogP contribution in [-0.4, -0.2) is 27.8 Å². The monoisotopic (exact) mass is 299 g/mol. The molecule has 0 N–H and O–H groups in total. The van der Waals surface area contributed by atoms with Gasteiger partial charge in [-0.05, 0) is 48.2 Å². The Labute approximate surface area is 112 Å². The summed E-state index contributed by atoms with van der Waals surface area (Å²) in [4.78, 5) is 2.57. The molecule has 1 fully saturated rings. The molecule has 4 heteroatoms. The molecule has 0 amide bonds. The molecule has 17 heavy (non-hydrogen) atoms. The van der Waals surface area contributed by atoms with Crippen LogP contribution in [0, 0.1) is 12.8 Å². The van der Waals surface area contributed by atoms with Gasteiger partial charge in [0.05, 0.1) is 15.9 Å². The van der Waals surface area contributed by atoms with E-state index in [-0.39, 0.29) is 0 Å². The van der Waals surface area contributed by atoms with E-state index in [0.717, 1.165) is 18.2 Å². The summed E-state index contributed by atoms with van der Waals surface area (Å²) >= 11 is 3.65. The highest BCUT2D eigenvalue weighted by Crippen LogP contribution is 2.25. The third-order valence-electron chi connectivity index (χ3n) is 3.82. The molecule has 3 nitrogen and oxygen atoms in total. The zero-order chi connectivity index (χ0) is 12.4. The maximum Gasteiger partial charge on any atom is 0.0739 e. The third-order valence-corrected chi connectivity index (χ3v) is 4.85. The van der Waals surface area contributed by atoms with Gasteiger partial charge in [0, 0.05) is 20.1 Å². The fourth-order valence-electron chi connectivity index (χ4n) is 2.69. The summed E-state index contributed by atoms with van der Waals surface area (Å²) in [5, 5.41) is 4.46. The second-order valence-corrected chi connectivity index (χ2v) is 5.91. The third kappa shape index (κ3) is 2.91. The van der Waals surface area contributed by atoms with Gasteiger partial charge in [0.1, 0.15) is 0 Å². The van der Waals surface area contributed by atoms with E-state index < -0.39 is 0 Å². The van der Waals surface area contributed by atoms with Crippen molar-refractivity contribution in [3.05, 3.63) is 15.9 Å². The molecule has 1 aromatic rings. The molecule has 0 aromatic carbocycles. The Bertz CT molecular complexity index is 386. The number of nitrogens with zero attached hydrogens (tertiary/aromatic N) is 3. The molecule has 1 aliphatic heterocycles. The summed E-state index contributed by atoms with van der Waals surface area (Å²) in [5.74, 6) is 0.886. The molecule has 0 bridgehead atoms. The second-order valence-electron chi connectivity index (χ2n) is 5.12. The number of piperidine rings is 1. The van der Waals surface area contributed by atoms with Crippen molar-refractivity contribution in [1.82, 2.24) is 14.7 Å². The number of aromatic nitrogens is 2. The van der Waals surface area contributed by atoms with Gasteiger partial charge in [0.2, 0.25) is 0 Å². The van der Waals surface area contributed by atoms with E-state index in [1.54, 1.807) is 0 Å². The lowest BCUT2D eigenvalue weighted by atomic mass is 9.95. The topological polar surface area (TPSA) is 21.1 Å². The van der Waals surface area contributed by atoms with Crippen LogP contribution in [0.1, 0.15) is 37.6 Å². The summed E-state index contributed by atoms with van der Waals surface area (Å²) in [6.45, 7) is 7.85. The molecule has 1 saturated heterocycles. The van der Waals surface area contributed by atoms with Gasteiger partial charge in [-0.1, -0.05) is 13.3 Å². The van der Waals surface area contributed by atoms with Crippen molar-refractivity contribution in [3.63, 3.8) is 0 Å². The van der Waals surface area contributed by atoms with Gasteiger partial charge in [-0.25, -0.2) is 0 Å². The fourth-order valence-corrected chi connectivity index (χ4v) is 3.15. The summed E-state index contributed by atoms with van der Waals surface area (Å²) < 4.78 is 3.19. The first-order valence-corrected chi connectivity index (χ1v) is 7.31. The smallest absolute Gasteiger partial charge is 0.0739 e. The number of likely N-dealkylation sites (tertiary alicyclic amines) is 1. The minimum absolute atomic E-state index is 0.886. The van der Waals surface area contributed by atoms with Crippen LogP contribution in [0.25, 0.3) is 0 Å². The van der Waals surface area contributed by atoms with Crippen molar-refractivity contribution < 1.29 is 0 Å². The number of rotatable bonds is 3. The average Bonchev–Trinajstić information content (AvgIpc) is 2.56. The lowest BCUT2D eigenvalue weighted by molar-refractivity contribution is 0.161. The molecule has 1 aliphatic rings. The van der Waals surface area contributed by atoms with E-state index in [2.05, 4.69) is 39.8 Å². The summed E-state index contributed by atoms with van der Waals surface area (Å²) in [6.07, 6.45) is 4.05. The Morgan fingerprint density at radius 3 is 2.82 bits per heavy atom. The van der Waals surface area contributed by atoms with Crippen LogP contribution in [-0.2, 0) is 13.6 Å². The Balaban J connectivity index is 2.05. The van der Waals surface area contributed by atoms with Crippen molar-refractivity contribution in [2.45, 2.75) is 39.7 Å². The van der Waals surface area contributed by atoms with Crippen molar-refractivity contribution in [2.24, 2.45) is 13.0 Å². The lowest BCUT2D eigenvalue weighted by Crippen LogP contribution is -2.35. The van der Waals surface area contributed by atoms with Gasteiger partial charge in [0.25, 0.3) is 0 Å². The van der Waals surface area contributed by atoms with Gasteiger partial charge < -0.3 is 0 Å². The molecule has 1 unspecified atom stereocenters. The Morgan fingerprint density at radius 2 is 2.24 bits per heavy atom. The Morgan fingerprint density at radius 1 is 1.47 bits per heavy atom. The summed E-state index contributed by atoms with van der Waals surface area (Å²) in [6, 6.07) is 0. The van der Waals surface area contributed by atoms with Crippen LogP contribution in [0.4, 0.5) is 0 Å². The van der Waals surface area contributed by atoms with Crippen molar-refractivity contribution in [3.8, 4) is 0 Å². The number of hydrogen-bond donors (Lipinski definition) is 0. The van der Waals surface area contributed by atoms with Crippen molar-refractivity contribution in [2.75, 3.05) is 13.1 Å². The van der Waals surface area contributed by atoms with Crippen LogP contribution in [0.3, 0.4) is 0 Å². The molecular weight excluding hydrogens is 278 g/mol. The predicted molar refractivity (Wildman–Crippen MR) is 73.9 cm³/mol. The highest BCUT2D eigenvalue weighted by atomic mass is 79.9. The number of hydrogen-bond acceptors (Lipinski definition) is 2. The molecule has 2 heterocycles. The van der Waals surface area contributed by atoms with Gasteiger partial charge in [-0.2, -0.15) is 5.10 Å². The Hall–Kier alpha value is -0.350. The molecular formula is C13H22BrN3. The fraction of sp³-hybridized carbons (Fsp3) is 0.769. The van der Waals surface area contributed by atoms with E-state index in [4.69, 9.17) is 0 Å². The van der Waals surface area contributed by atoms with Crippen molar-refractivity contribution >= 4 is 15.9 Å². The van der Waals surface area contributed by atoms with E-state index in [1.807, 2.05) is 11.7 Å². The lowest BCUT2D eigenvalue weighted by Gasteiger charge is -2.32. The zero-order valence-corrected chi connectivity index (χ0v) is 12.6. The standard InChI is InChI=1S/C13H22BrN3/c1-4-11-6-5-7-17(8-11)9-12-13(14)10(2)15-16(12)3/h11H,4-9H2,1-3H3. The first-order valence-electron chi connectivity index (χ1n) is 6.52. The number of halogens is 1. The van der Waals surface area contributed by atoms with Crippen LogP contribution >= 0.6 is 15.9 Å². The maximum atomic E-state index is 4.46. The minimum atomic E-state index is 0.886. The molecule has 96 valence electrons. The molecule has 0 radical (unpaired) electrons. The highest BCUT2D eigenvalue weighted by molar-refractivity contribution is 9.10. The van der Waals surface area contributed by atoms with Crippen LogP contribution in [0.2, 0.25) is 0 Å². The SMILES string of the molecule is CCC1CCCN(Cc2c(Br)c(C)nn2C)C1. The average molecular weight is 300 g/mol. The normalized spacial score (nSPS) is 22.0. The second kappa shape index (κ2) is 5.53. The number of aryl methyl sites for hydroxylation is 2. The highest BCUT2D eigenvalue weighted by Gasteiger charge is 2.21. The van der Waals surface area contributed by atoms with Gasteiger partial charge >= 0.3 is 0 Å². The first-order chi connectivity index (χ1) is 8.11. The molecule has 1 atom stereocenters. The summed E-state index contributed by atoms with van der Waals surface area (Å²) in [7, 11) is 2.04. The Kier molecular flexibility index (Phi) is 4.26. The largest absolute Gasteiger partial charge is 0.297 e. The van der Waals surface area contributed by atoms with E-state index in [9.17, 15) is 0 Å². The zero-order valence-electron chi connectivity index (χ0n) is 11.0. The molecule has 0 aliphatic carbocycles. The molecule has 2 rings (SSSR count). The van der Waals surface area contributed by atoms with Gasteiger partial charge in [-0.15, -0.1) is 0 Å². The molecule has 0 saturated carbocycles. The molecule has 1 aromatic heterocycles. The van der Waals surface area contributed by atoms with Crippen LogP contribution in [0.15, 0.2) is 4.47 Å². The molecule has 0 spiro atoms. The maximum absolute atomic E-state index is 4.46. The van der Waals surface area contributed by atoms with Crippen LogP contribution in [0.5, 0.6) is 0 Å². The van der Waals surface area contributed by atoms with E-state index in [0.29, 0.717) is 0 Å². The van der Waals surface area contributed by atoms with Gasteiger partial charge in [-0.3, -0.25) is 9.58 Å². The van der Waals surface area contributed by atoms with Crippen LogP contribution < -0.4 is 0 Å². The van der Waals surface area contributed by atoms with E-state index >= 15 is 0 Å². The van der Waals surface area contributed by atoms with E-state index in [1.165, 1.54) is 42.5 Å². The minimum Gasteiger partial charge on any atom is -0.297 e. The van der Waals surface area contributed by atoms with Gasteiger partial charge in [0.15, 0.2) is 0 Å².